The number of hydrogen-bond donors (Lipinski definition) is 3. The lowest BCUT2D eigenvalue weighted by Crippen LogP contribution is -2.25. The van der Waals surface area contributed by atoms with Crippen molar-refractivity contribution in [3.63, 3.8) is 0 Å². The van der Waals surface area contributed by atoms with E-state index in [-0.39, 0.29) is 5.88 Å². The van der Waals surface area contributed by atoms with Gasteiger partial charge < -0.3 is 15.8 Å². The molecule has 1 aromatic heterocycles. The number of aromatic amines is 1. The van der Waals surface area contributed by atoms with E-state index in [1.807, 2.05) is 43.3 Å². The first-order valence-corrected chi connectivity index (χ1v) is 11.6. The molecule has 0 bridgehead atoms. The normalized spacial score (nSPS) is 14.9. The van der Waals surface area contributed by atoms with E-state index >= 15 is 0 Å². The number of H-pyrrole nitrogens is 1. The topological polar surface area (TPSA) is 77.6 Å². The summed E-state index contributed by atoms with van der Waals surface area (Å²) >= 11 is 6.18. The van der Waals surface area contributed by atoms with Crippen molar-refractivity contribution >= 4 is 39.6 Å². The van der Waals surface area contributed by atoms with Crippen molar-refractivity contribution in [2.45, 2.75) is 26.3 Å². The van der Waals surface area contributed by atoms with Gasteiger partial charge in [0.1, 0.15) is 0 Å². The molecule has 6 heteroatoms. The van der Waals surface area contributed by atoms with Gasteiger partial charge in [-0.2, -0.15) is 0 Å². The van der Waals surface area contributed by atoms with Crippen molar-refractivity contribution in [2.75, 3.05) is 18.8 Å². The molecule has 1 aliphatic heterocycles. The monoisotopic (exact) mass is 458 g/mol. The van der Waals surface area contributed by atoms with Gasteiger partial charge >= 0.3 is 0 Å². The molecule has 5 nitrogen and oxygen atoms in total. The van der Waals surface area contributed by atoms with Crippen molar-refractivity contribution in [3.05, 3.63) is 87.9 Å². The number of anilines is 1. The summed E-state index contributed by atoms with van der Waals surface area (Å²) in [6.45, 7) is 4.87. The van der Waals surface area contributed by atoms with Crippen LogP contribution in [-0.2, 0) is 19.4 Å². The Balaban J connectivity index is 1.30. The molecule has 168 valence electrons. The minimum atomic E-state index is 0.108. The third kappa shape index (κ3) is 4.61. The van der Waals surface area contributed by atoms with Gasteiger partial charge in [-0.15, -0.1) is 0 Å². The number of aromatic nitrogens is 1. The number of benzene rings is 3. The Bertz CT molecular complexity index is 1340. The number of nitrogens with two attached hydrogens (primary N) is 1. The smallest absolute Gasteiger partial charge is 0.198 e. The molecule has 0 saturated carbocycles. The summed E-state index contributed by atoms with van der Waals surface area (Å²) in [5.41, 5.74) is 13.7. The summed E-state index contributed by atoms with van der Waals surface area (Å²) in [7, 11) is 0. The molecule has 5 rings (SSSR count). The van der Waals surface area contributed by atoms with Crippen LogP contribution in [0.1, 0.15) is 29.2 Å². The third-order valence-corrected chi connectivity index (χ3v) is 6.60. The zero-order chi connectivity index (χ0) is 22.9. The Hall–Kier alpha value is -3.28. The molecule has 2 heterocycles. The summed E-state index contributed by atoms with van der Waals surface area (Å²) < 4.78 is 0. The number of nitrogens with one attached hydrogen (secondary N) is 1. The molecular weight excluding hydrogens is 432 g/mol. The predicted molar refractivity (Wildman–Crippen MR) is 137 cm³/mol. The summed E-state index contributed by atoms with van der Waals surface area (Å²) in [5, 5.41) is 12.1. The molecule has 0 unspecified atom stereocenters. The molecule has 4 N–H and O–H groups in total. The van der Waals surface area contributed by atoms with Gasteiger partial charge in [-0.3, -0.25) is 9.89 Å². The molecule has 0 atom stereocenters. The van der Waals surface area contributed by atoms with Crippen molar-refractivity contribution in [3.8, 4) is 5.88 Å². The standard InChI is InChI=1S/C27H27ClN4O/c1-17(26-24-15-22(29)6-9-25(24)31-27(26)33)30-23-7-2-18(3-8-23)16-32-12-10-19-4-5-21(28)14-20(19)11-13-32/h2-9,14-15,31,33H,10-13,16,29H2,1H3. The first kappa shape index (κ1) is 21.6. The molecule has 0 radical (unpaired) electrons. The Morgan fingerprint density at radius 2 is 1.79 bits per heavy atom. The lowest BCUT2D eigenvalue weighted by molar-refractivity contribution is 0.279. The van der Waals surface area contributed by atoms with E-state index in [9.17, 15) is 5.11 Å². The fraction of sp³-hybridized carbons (Fsp3) is 0.222. The highest BCUT2D eigenvalue weighted by molar-refractivity contribution is 6.30. The van der Waals surface area contributed by atoms with Crippen LogP contribution in [0, 0.1) is 0 Å². The number of aromatic hydroxyl groups is 1. The van der Waals surface area contributed by atoms with Gasteiger partial charge in [0.2, 0.25) is 0 Å². The van der Waals surface area contributed by atoms with E-state index in [0.717, 1.165) is 59.8 Å². The maximum Gasteiger partial charge on any atom is 0.198 e. The van der Waals surface area contributed by atoms with Crippen LogP contribution < -0.4 is 5.73 Å². The van der Waals surface area contributed by atoms with Gasteiger partial charge in [-0.05, 0) is 78.9 Å². The van der Waals surface area contributed by atoms with E-state index < -0.39 is 0 Å². The second-order valence-electron chi connectivity index (χ2n) is 8.71. The molecule has 4 aromatic rings. The van der Waals surface area contributed by atoms with Crippen LogP contribution in [0.3, 0.4) is 0 Å². The van der Waals surface area contributed by atoms with E-state index in [4.69, 9.17) is 22.3 Å². The lowest BCUT2D eigenvalue weighted by Gasteiger charge is -2.19. The van der Waals surface area contributed by atoms with E-state index in [2.05, 4.69) is 34.1 Å². The highest BCUT2D eigenvalue weighted by atomic mass is 35.5. The van der Waals surface area contributed by atoms with E-state index in [0.29, 0.717) is 11.3 Å². The molecule has 0 saturated heterocycles. The number of aliphatic imine (C=N–C) groups is 1. The van der Waals surface area contributed by atoms with Gasteiger partial charge in [0.05, 0.1) is 17.0 Å². The van der Waals surface area contributed by atoms with Crippen LogP contribution in [0.25, 0.3) is 10.9 Å². The average molecular weight is 459 g/mol. The minimum Gasteiger partial charge on any atom is -0.494 e. The van der Waals surface area contributed by atoms with Gasteiger partial charge in [0, 0.05) is 41.2 Å². The molecule has 0 amide bonds. The number of nitrogen functional groups attached to an aromatic ring is 1. The van der Waals surface area contributed by atoms with Gasteiger partial charge in [0.15, 0.2) is 5.88 Å². The molecular formula is C27H27ClN4O. The number of fused-ring (bicyclic) bond motifs is 2. The molecule has 1 aliphatic rings. The van der Waals surface area contributed by atoms with Crippen molar-refractivity contribution in [1.29, 1.82) is 0 Å². The van der Waals surface area contributed by atoms with Crippen LogP contribution >= 0.6 is 11.6 Å². The Kier molecular flexibility index (Phi) is 5.83. The molecule has 0 spiro atoms. The summed E-state index contributed by atoms with van der Waals surface area (Å²) in [6, 6.07) is 20.1. The fourth-order valence-corrected chi connectivity index (χ4v) is 4.84. The van der Waals surface area contributed by atoms with E-state index in [1.165, 1.54) is 16.7 Å². The molecule has 33 heavy (non-hydrogen) atoms. The Labute approximate surface area is 198 Å². The van der Waals surface area contributed by atoms with Gasteiger partial charge in [0.25, 0.3) is 0 Å². The van der Waals surface area contributed by atoms with Crippen LogP contribution in [-0.4, -0.2) is 33.8 Å². The molecule has 3 aromatic carbocycles. The van der Waals surface area contributed by atoms with Crippen LogP contribution in [0.4, 0.5) is 11.4 Å². The zero-order valence-corrected chi connectivity index (χ0v) is 19.4. The van der Waals surface area contributed by atoms with Gasteiger partial charge in [-0.1, -0.05) is 29.8 Å². The maximum absolute atomic E-state index is 10.4. The minimum absolute atomic E-state index is 0.108. The van der Waals surface area contributed by atoms with Crippen LogP contribution in [0.15, 0.2) is 65.7 Å². The number of rotatable bonds is 4. The first-order chi connectivity index (χ1) is 16.0. The quantitative estimate of drug-likeness (QED) is 0.265. The number of nitrogens with zero attached hydrogens (tertiary/aromatic N) is 2. The second kappa shape index (κ2) is 8.93. The predicted octanol–water partition coefficient (Wildman–Crippen LogP) is 5.85. The van der Waals surface area contributed by atoms with E-state index in [1.54, 1.807) is 0 Å². The fourth-order valence-electron chi connectivity index (χ4n) is 4.64. The third-order valence-electron chi connectivity index (χ3n) is 6.37. The SMILES string of the molecule is CC(=Nc1ccc(CN2CCc3ccc(Cl)cc3CC2)cc1)c1c(O)[nH]c2ccc(N)cc12. The zero-order valence-electron chi connectivity index (χ0n) is 18.6. The number of hydrogen-bond acceptors (Lipinski definition) is 4. The largest absolute Gasteiger partial charge is 0.494 e. The Morgan fingerprint density at radius 3 is 2.58 bits per heavy atom. The van der Waals surface area contributed by atoms with Crippen LogP contribution in [0.2, 0.25) is 5.02 Å². The summed E-state index contributed by atoms with van der Waals surface area (Å²) in [5.74, 6) is 0.108. The lowest BCUT2D eigenvalue weighted by atomic mass is 10.0. The van der Waals surface area contributed by atoms with Crippen molar-refractivity contribution in [1.82, 2.24) is 9.88 Å². The summed E-state index contributed by atoms with van der Waals surface area (Å²) in [6.07, 6.45) is 2.07. The molecule has 0 aliphatic carbocycles. The number of halogens is 1. The second-order valence-corrected chi connectivity index (χ2v) is 9.14. The van der Waals surface area contributed by atoms with Crippen molar-refractivity contribution in [2.24, 2.45) is 4.99 Å². The summed E-state index contributed by atoms with van der Waals surface area (Å²) in [4.78, 5) is 10.2. The Morgan fingerprint density at radius 1 is 1.03 bits per heavy atom. The maximum atomic E-state index is 10.4. The van der Waals surface area contributed by atoms with Crippen molar-refractivity contribution < 1.29 is 5.11 Å². The van der Waals surface area contributed by atoms with Crippen LogP contribution in [0.5, 0.6) is 5.88 Å². The molecule has 0 fully saturated rings. The average Bonchev–Trinajstić information content (AvgIpc) is 2.99. The highest BCUT2D eigenvalue weighted by Crippen LogP contribution is 2.30. The first-order valence-electron chi connectivity index (χ1n) is 11.2. The van der Waals surface area contributed by atoms with Gasteiger partial charge in [-0.25, -0.2) is 0 Å². The highest BCUT2D eigenvalue weighted by Gasteiger charge is 2.16.